The molecule has 0 aliphatic carbocycles. The predicted molar refractivity (Wildman–Crippen MR) is 133 cm³/mol. The first-order valence-corrected chi connectivity index (χ1v) is 12.3. The molecule has 0 fully saturated rings. The van der Waals surface area contributed by atoms with Gasteiger partial charge in [-0.15, -0.1) is 10.2 Å². The van der Waals surface area contributed by atoms with Crippen molar-refractivity contribution in [2.45, 2.75) is 44.8 Å². The van der Waals surface area contributed by atoms with Crippen molar-refractivity contribution in [2.24, 2.45) is 5.73 Å². The standard InChI is InChI=1S/C24H30N6O4S/c1-3-12-29(15-22(32)26-19-9-5-4-7-17(19)2)23(33)16-35-24-28-27-21(11-10-20(25)31)30(24)14-18-8-6-13-34-18/h4-9,13H,3,10-12,14-16H2,1-2H3,(H2,25,31)(H,26,32). The summed E-state index contributed by atoms with van der Waals surface area (Å²) in [7, 11) is 0. The number of amides is 3. The maximum Gasteiger partial charge on any atom is 0.244 e. The Labute approximate surface area is 208 Å². The van der Waals surface area contributed by atoms with E-state index in [0.717, 1.165) is 17.7 Å². The van der Waals surface area contributed by atoms with E-state index < -0.39 is 5.91 Å². The molecule has 2 aromatic heterocycles. The number of primary amides is 1. The normalized spacial score (nSPS) is 10.8. The summed E-state index contributed by atoms with van der Waals surface area (Å²) >= 11 is 1.23. The Kier molecular flexibility index (Phi) is 9.47. The summed E-state index contributed by atoms with van der Waals surface area (Å²) in [5, 5.41) is 11.8. The number of carbonyl (C=O) groups excluding carboxylic acids is 3. The van der Waals surface area contributed by atoms with E-state index in [1.807, 2.05) is 48.7 Å². The zero-order valence-corrected chi connectivity index (χ0v) is 20.7. The van der Waals surface area contributed by atoms with Gasteiger partial charge in [-0.2, -0.15) is 0 Å². The van der Waals surface area contributed by atoms with E-state index in [1.54, 1.807) is 17.2 Å². The molecule has 0 aliphatic rings. The van der Waals surface area contributed by atoms with Crippen molar-refractivity contribution in [1.82, 2.24) is 19.7 Å². The number of nitrogens with two attached hydrogens (primary N) is 1. The number of hydrogen-bond donors (Lipinski definition) is 2. The molecule has 10 nitrogen and oxygen atoms in total. The van der Waals surface area contributed by atoms with E-state index in [9.17, 15) is 14.4 Å². The Hall–Kier alpha value is -3.60. The lowest BCUT2D eigenvalue weighted by molar-refractivity contribution is -0.132. The molecular weight excluding hydrogens is 468 g/mol. The molecular formula is C24H30N6O4S. The van der Waals surface area contributed by atoms with Crippen molar-refractivity contribution in [3.8, 4) is 0 Å². The smallest absolute Gasteiger partial charge is 0.244 e. The number of benzene rings is 1. The SMILES string of the molecule is CCCN(CC(=O)Nc1ccccc1C)C(=O)CSc1nnc(CCC(N)=O)n1Cc1ccco1. The van der Waals surface area contributed by atoms with Crippen LogP contribution in [0.3, 0.4) is 0 Å². The topological polar surface area (TPSA) is 136 Å². The van der Waals surface area contributed by atoms with E-state index >= 15 is 0 Å². The lowest BCUT2D eigenvalue weighted by Gasteiger charge is -2.21. The number of carbonyl (C=O) groups is 3. The van der Waals surface area contributed by atoms with E-state index in [0.29, 0.717) is 36.3 Å². The summed E-state index contributed by atoms with van der Waals surface area (Å²) in [5.74, 6) is 0.505. The summed E-state index contributed by atoms with van der Waals surface area (Å²) < 4.78 is 7.26. The van der Waals surface area contributed by atoms with Crippen LogP contribution in [0.15, 0.2) is 52.2 Å². The molecule has 0 spiro atoms. The maximum atomic E-state index is 13.0. The number of nitrogens with one attached hydrogen (secondary N) is 1. The molecule has 0 radical (unpaired) electrons. The van der Waals surface area contributed by atoms with Crippen molar-refractivity contribution >= 4 is 35.2 Å². The average molecular weight is 499 g/mol. The Morgan fingerprint density at radius 3 is 2.66 bits per heavy atom. The molecule has 0 bridgehead atoms. The number of rotatable bonds is 13. The molecule has 3 amide bonds. The lowest BCUT2D eigenvalue weighted by atomic mass is 10.2. The first-order chi connectivity index (χ1) is 16.9. The van der Waals surface area contributed by atoms with Crippen LogP contribution in [0.1, 0.15) is 36.9 Å². The van der Waals surface area contributed by atoms with Crippen LogP contribution in [0, 0.1) is 6.92 Å². The number of hydrogen-bond acceptors (Lipinski definition) is 7. The number of nitrogens with zero attached hydrogens (tertiary/aromatic N) is 4. The first-order valence-electron chi connectivity index (χ1n) is 11.4. The molecule has 0 saturated carbocycles. The van der Waals surface area contributed by atoms with Gasteiger partial charge in [0.15, 0.2) is 5.16 Å². The molecule has 2 heterocycles. The molecule has 0 unspecified atom stereocenters. The third kappa shape index (κ3) is 7.71. The number of para-hydroxylation sites is 1. The summed E-state index contributed by atoms with van der Waals surface area (Å²) in [6, 6.07) is 11.1. The highest BCUT2D eigenvalue weighted by molar-refractivity contribution is 7.99. The summed E-state index contributed by atoms with van der Waals surface area (Å²) in [6.07, 6.45) is 2.77. The van der Waals surface area contributed by atoms with Gasteiger partial charge in [-0.3, -0.25) is 19.0 Å². The third-order valence-corrected chi connectivity index (χ3v) is 6.16. The minimum absolute atomic E-state index is 0.0372. The predicted octanol–water partition coefficient (Wildman–Crippen LogP) is 2.62. The van der Waals surface area contributed by atoms with Crippen LogP contribution < -0.4 is 11.1 Å². The van der Waals surface area contributed by atoms with Crippen molar-refractivity contribution in [1.29, 1.82) is 0 Å². The van der Waals surface area contributed by atoms with E-state index in [-0.39, 0.29) is 30.5 Å². The number of furan rings is 1. The fourth-order valence-corrected chi connectivity index (χ4v) is 4.28. The molecule has 3 N–H and O–H groups in total. The van der Waals surface area contributed by atoms with Crippen LogP contribution in [-0.2, 0) is 27.3 Å². The molecule has 3 aromatic rings. The first kappa shape index (κ1) is 26.0. The molecule has 0 saturated heterocycles. The van der Waals surface area contributed by atoms with Crippen LogP contribution in [0.4, 0.5) is 5.69 Å². The largest absolute Gasteiger partial charge is 0.467 e. The molecule has 0 atom stereocenters. The van der Waals surface area contributed by atoms with E-state index in [2.05, 4.69) is 15.5 Å². The van der Waals surface area contributed by atoms with Gasteiger partial charge in [-0.1, -0.05) is 36.9 Å². The van der Waals surface area contributed by atoms with Crippen LogP contribution >= 0.6 is 11.8 Å². The molecule has 11 heteroatoms. The minimum Gasteiger partial charge on any atom is -0.467 e. The monoisotopic (exact) mass is 498 g/mol. The number of aryl methyl sites for hydroxylation is 2. The molecule has 3 rings (SSSR count). The van der Waals surface area contributed by atoms with Crippen LogP contribution in [-0.4, -0.2) is 56.2 Å². The minimum atomic E-state index is -0.430. The Morgan fingerprint density at radius 2 is 1.97 bits per heavy atom. The van der Waals surface area contributed by atoms with Crippen LogP contribution in [0.25, 0.3) is 0 Å². The van der Waals surface area contributed by atoms with Crippen molar-refractivity contribution in [3.63, 3.8) is 0 Å². The Bertz CT molecular complexity index is 1140. The van der Waals surface area contributed by atoms with Crippen molar-refractivity contribution in [2.75, 3.05) is 24.2 Å². The van der Waals surface area contributed by atoms with Crippen molar-refractivity contribution < 1.29 is 18.8 Å². The molecule has 1 aromatic carbocycles. The van der Waals surface area contributed by atoms with Crippen LogP contribution in [0.5, 0.6) is 0 Å². The zero-order chi connectivity index (χ0) is 25.2. The number of aromatic nitrogens is 3. The van der Waals surface area contributed by atoms with Gasteiger partial charge >= 0.3 is 0 Å². The second kappa shape index (κ2) is 12.7. The summed E-state index contributed by atoms with van der Waals surface area (Å²) in [5.41, 5.74) is 6.97. The van der Waals surface area contributed by atoms with Crippen molar-refractivity contribution in [3.05, 3.63) is 59.8 Å². The van der Waals surface area contributed by atoms with Gasteiger partial charge in [-0.25, -0.2) is 0 Å². The number of thioether (sulfide) groups is 1. The van der Waals surface area contributed by atoms with Gasteiger partial charge in [0.1, 0.15) is 11.6 Å². The summed E-state index contributed by atoms with van der Waals surface area (Å²) in [4.78, 5) is 38.4. The summed E-state index contributed by atoms with van der Waals surface area (Å²) in [6.45, 7) is 4.66. The molecule has 186 valence electrons. The quantitative estimate of drug-likeness (QED) is 0.346. The second-order valence-corrected chi connectivity index (χ2v) is 8.94. The molecule has 0 aliphatic heterocycles. The lowest BCUT2D eigenvalue weighted by Crippen LogP contribution is -2.39. The van der Waals surface area contributed by atoms with Gasteiger partial charge < -0.3 is 20.4 Å². The fraction of sp³-hybridized carbons (Fsp3) is 0.375. The highest BCUT2D eigenvalue weighted by Crippen LogP contribution is 2.21. The highest BCUT2D eigenvalue weighted by Gasteiger charge is 2.20. The Balaban J connectivity index is 1.65. The zero-order valence-electron chi connectivity index (χ0n) is 19.9. The van der Waals surface area contributed by atoms with Gasteiger partial charge in [0.25, 0.3) is 0 Å². The average Bonchev–Trinajstić information content (AvgIpc) is 3.47. The van der Waals surface area contributed by atoms with Gasteiger partial charge in [0, 0.05) is 25.1 Å². The van der Waals surface area contributed by atoms with Gasteiger partial charge in [-0.05, 0) is 37.1 Å². The van der Waals surface area contributed by atoms with Gasteiger partial charge in [0.2, 0.25) is 17.7 Å². The van der Waals surface area contributed by atoms with Gasteiger partial charge in [0.05, 0.1) is 25.1 Å². The highest BCUT2D eigenvalue weighted by atomic mass is 32.2. The molecule has 35 heavy (non-hydrogen) atoms. The fourth-order valence-electron chi connectivity index (χ4n) is 3.42. The Morgan fingerprint density at radius 1 is 1.17 bits per heavy atom. The van der Waals surface area contributed by atoms with E-state index in [4.69, 9.17) is 10.2 Å². The second-order valence-electron chi connectivity index (χ2n) is 8.00. The van der Waals surface area contributed by atoms with E-state index in [1.165, 1.54) is 11.8 Å². The number of anilines is 1. The maximum absolute atomic E-state index is 13.0. The van der Waals surface area contributed by atoms with Crippen LogP contribution in [0.2, 0.25) is 0 Å². The third-order valence-electron chi connectivity index (χ3n) is 5.21.